The summed E-state index contributed by atoms with van der Waals surface area (Å²) in [6.45, 7) is 9.44. The van der Waals surface area contributed by atoms with Crippen LogP contribution in [0.25, 0.3) is 0 Å². The van der Waals surface area contributed by atoms with E-state index in [0.29, 0.717) is 0 Å². The van der Waals surface area contributed by atoms with Crippen LogP contribution >= 0.6 is 11.6 Å². The Labute approximate surface area is 102 Å². The average Bonchev–Trinajstić information content (AvgIpc) is 2.09. The quantitative estimate of drug-likeness (QED) is 0.737. The maximum absolute atomic E-state index is 11.9. The van der Waals surface area contributed by atoms with Crippen molar-refractivity contribution in [1.29, 1.82) is 0 Å². The minimum Gasteiger partial charge on any atom is -0.350 e. The number of halogens is 1. The third-order valence-corrected chi connectivity index (χ3v) is 2.13. The minimum atomic E-state index is -0.537. The molecule has 0 rings (SSSR count). The summed E-state index contributed by atoms with van der Waals surface area (Å²) in [5.41, 5.74) is -0.310. The number of rotatable bonds is 4. The van der Waals surface area contributed by atoms with Crippen LogP contribution in [-0.2, 0) is 9.59 Å². The molecular formula is C11H21ClN2O2. The fourth-order valence-electron chi connectivity index (χ4n) is 1.19. The van der Waals surface area contributed by atoms with Crippen LogP contribution in [0.4, 0.5) is 0 Å². The molecule has 0 radical (unpaired) electrons. The monoisotopic (exact) mass is 248 g/mol. The van der Waals surface area contributed by atoms with Crippen LogP contribution in [0.3, 0.4) is 0 Å². The normalized spacial score (nSPS) is 13.4. The molecule has 0 aromatic carbocycles. The molecule has 94 valence electrons. The van der Waals surface area contributed by atoms with Gasteiger partial charge >= 0.3 is 0 Å². The molecule has 0 aromatic heterocycles. The SMILES string of the molecule is CC(C)[C@@H](NC(=O)CCl)C(=O)NC(C)(C)C. The first kappa shape index (κ1) is 15.2. The molecule has 0 spiro atoms. The molecule has 0 saturated heterocycles. The molecule has 0 heterocycles. The third-order valence-electron chi connectivity index (χ3n) is 1.89. The highest BCUT2D eigenvalue weighted by atomic mass is 35.5. The van der Waals surface area contributed by atoms with Gasteiger partial charge in [0.25, 0.3) is 0 Å². The van der Waals surface area contributed by atoms with Gasteiger partial charge in [0.05, 0.1) is 0 Å². The highest BCUT2D eigenvalue weighted by Gasteiger charge is 2.26. The number of amides is 2. The van der Waals surface area contributed by atoms with E-state index in [0.717, 1.165) is 0 Å². The van der Waals surface area contributed by atoms with Gasteiger partial charge in [0.1, 0.15) is 11.9 Å². The number of carbonyl (C=O) groups excluding carboxylic acids is 2. The molecule has 0 aliphatic carbocycles. The molecule has 0 aromatic rings. The first-order chi connectivity index (χ1) is 7.17. The summed E-state index contributed by atoms with van der Waals surface area (Å²) in [5, 5.41) is 5.44. The van der Waals surface area contributed by atoms with Crippen LogP contribution in [0.5, 0.6) is 0 Å². The van der Waals surface area contributed by atoms with Crippen molar-refractivity contribution in [3.05, 3.63) is 0 Å². The second-order valence-electron chi connectivity index (χ2n) is 5.16. The van der Waals surface area contributed by atoms with E-state index in [1.54, 1.807) is 0 Å². The van der Waals surface area contributed by atoms with Gasteiger partial charge in [-0.2, -0.15) is 0 Å². The van der Waals surface area contributed by atoms with E-state index >= 15 is 0 Å². The van der Waals surface area contributed by atoms with E-state index in [1.165, 1.54) is 0 Å². The molecule has 5 heteroatoms. The van der Waals surface area contributed by atoms with Gasteiger partial charge in [-0.25, -0.2) is 0 Å². The Bertz CT molecular complexity index is 259. The largest absolute Gasteiger partial charge is 0.350 e. The fraction of sp³-hybridized carbons (Fsp3) is 0.818. The number of alkyl halides is 1. The average molecular weight is 249 g/mol. The van der Waals surface area contributed by atoms with Crippen molar-refractivity contribution in [2.45, 2.75) is 46.2 Å². The van der Waals surface area contributed by atoms with Crippen molar-refractivity contribution in [2.24, 2.45) is 5.92 Å². The van der Waals surface area contributed by atoms with E-state index in [1.807, 2.05) is 34.6 Å². The molecule has 0 fully saturated rings. The maximum Gasteiger partial charge on any atom is 0.243 e. The predicted molar refractivity (Wildman–Crippen MR) is 65.4 cm³/mol. The van der Waals surface area contributed by atoms with Crippen LogP contribution < -0.4 is 10.6 Å². The highest BCUT2D eigenvalue weighted by molar-refractivity contribution is 6.27. The van der Waals surface area contributed by atoms with Crippen LogP contribution in [0, 0.1) is 5.92 Å². The van der Waals surface area contributed by atoms with E-state index in [-0.39, 0.29) is 29.2 Å². The summed E-state index contributed by atoms with van der Waals surface area (Å²) in [5.74, 6) is -0.619. The molecule has 2 N–H and O–H groups in total. The lowest BCUT2D eigenvalue weighted by Crippen LogP contribution is -2.54. The Morgan fingerprint density at radius 1 is 1.25 bits per heavy atom. The van der Waals surface area contributed by atoms with Crippen LogP contribution in [0.15, 0.2) is 0 Å². The molecule has 16 heavy (non-hydrogen) atoms. The molecule has 0 bridgehead atoms. The topological polar surface area (TPSA) is 58.2 Å². The molecule has 2 amide bonds. The van der Waals surface area contributed by atoms with Crippen LogP contribution in [-0.4, -0.2) is 29.3 Å². The van der Waals surface area contributed by atoms with Gasteiger partial charge in [0.2, 0.25) is 11.8 Å². The summed E-state index contributed by atoms with van der Waals surface area (Å²) in [6, 6.07) is -0.537. The number of hydrogen-bond acceptors (Lipinski definition) is 2. The summed E-state index contributed by atoms with van der Waals surface area (Å²) in [7, 11) is 0. The zero-order chi connectivity index (χ0) is 12.9. The third kappa shape index (κ3) is 5.95. The van der Waals surface area contributed by atoms with E-state index in [9.17, 15) is 9.59 Å². The summed E-state index contributed by atoms with van der Waals surface area (Å²) < 4.78 is 0. The maximum atomic E-state index is 11.9. The first-order valence-corrected chi connectivity index (χ1v) is 5.88. The van der Waals surface area contributed by atoms with E-state index < -0.39 is 6.04 Å². The zero-order valence-corrected chi connectivity index (χ0v) is 11.3. The van der Waals surface area contributed by atoms with E-state index in [2.05, 4.69) is 10.6 Å². The van der Waals surface area contributed by atoms with Crippen molar-refractivity contribution in [3.63, 3.8) is 0 Å². The molecule has 1 atom stereocenters. The Balaban J connectivity index is 4.54. The van der Waals surface area contributed by atoms with Gasteiger partial charge in [-0.1, -0.05) is 13.8 Å². The fourth-order valence-corrected chi connectivity index (χ4v) is 1.27. The van der Waals surface area contributed by atoms with Gasteiger partial charge in [0, 0.05) is 5.54 Å². The predicted octanol–water partition coefficient (Wildman–Crippen LogP) is 1.28. The zero-order valence-electron chi connectivity index (χ0n) is 10.6. The molecule has 4 nitrogen and oxygen atoms in total. The van der Waals surface area contributed by atoms with Crippen molar-refractivity contribution < 1.29 is 9.59 Å². The van der Waals surface area contributed by atoms with Gasteiger partial charge in [-0.05, 0) is 26.7 Å². The second-order valence-corrected chi connectivity index (χ2v) is 5.43. The van der Waals surface area contributed by atoms with Gasteiger partial charge in [0.15, 0.2) is 0 Å². The van der Waals surface area contributed by atoms with E-state index in [4.69, 9.17) is 11.6 Å². The minimum absolute atomic E-state index is 0.0227. The molecular weight excluding hydrogens is 228 g/mol. The lowest BCUT2D eigenvalue weighted by Gasteiger charge is -2.27. The Morgan fingerprint density at radius 3 is 2.06 bits per heavy atom. The highest BCUT2D eigenvalue weighted by Crippen LogP contribution is 2.06. The van der Waals surface area contributed by atoms with Crippen molar-refractivity contribution in [2.75, 3.05) is 5.88 Å². The van der Waals surface area contributed by atoms with Crippen molar-refractivity contribution in [1.82, 2.24) is 10.6 Å². The summed E-state index contributed by atoms with van der Waals surface area (Å²) >= 11 is 5.39. The Morgan fingerprint density at radius 2 is 1.75 bits per heavy atom. The standard InChI is InChI=1S/C11H21ClN2O2/c1-7(2)9(13-8(15)6-12)10(16)14-11(3,4)5/h7,9H,6H2,1-5H3,(H,13,15)(H,14,16)/t9-/m1/s1. The van der Waals surface area contributed by atoms with Crippen molar-refractivity contribution in [3.8, 4) is 0 Å². The van der Waals surface area contributed by atoms with Crippen LogP contribution in [0.2, 0.25) is 0 Å². The van der Waals surface area contributed by atoms with Crippen LogP contribution in [0.1, 0.15) is 34.6 Å². The lowest BCUT2D eigenvalue weighted by atomic mass is 10.0. The molecule has 0 aliphatic rings. The molecule has 0 saturated carbocycles. The van der Waals surface area contributed by atoms with Crippen molar-refractivity contribution >= 4 is 23.4 Å². The van der Waals surface area contributed by atoms with Gasteiger partial charge < -0.3 is 10.6 Å². The second kappa shape index (κ2) is 6.09. The van der Waals surface area contributed by atoms with Gasteiger partial charge in [-0.15, -0.1) is 11.6 Å². The number of hydrogen-bond donors (Lipinski definition) is 2. The smallest absolute Gasteiger partial charge is 0.243 e. The number of nitrogens with one attached hydrogen (secondary N) is 2. The first-order valence-electron chi connectivity index (χ1n) is 5.34. The Kier molecular flexibility index (Phi) is 5.79. The molecule has 0 aliphatic heterocycles. The van der Waals surface area contributed by atoms with Gasteiger partial charge in [-0.3, -0.25) is 9.59 Å². The summed E-state index contributed by atoms with van der Waals surface area (Å²) in [4.78, 5) is 23.1. The number of carbonyl (C=O) groups is 2. The molecule has 0 unspecified atom stereocenters. The lowest BCUT2D eigenvalue weighted by molar-refractivity contribution is -0.130. The summed E-state index contributed by atoms with van der Waals surface area (Å²) in [6.07, 6.45) is 0. The Hall–Kier alpha value is -0.770.